The minimum atomic E-state index is 0.483. The van der Waals surface area contributed by atoms with E-state index >= 15 is 0 Å². The Morgan fingerprint density at radius 1 is 1.10 bits per heavy atom. The van der Waals surface area contributed by atoms with Crippen molar-refractivity contribution in [2.45, 2.75) is 44.7 Å². The van der Waals surface area contributed by atoms with Crippen LogP contribution in [-0.4, -0.2) is 27.2 Å². The fourth-order valence-corrected chi connectivity index (χ4v) is 3.74. The molecule has 4 rings (SSSR count). The molecule has 3 aromatic rings. The van der Waals surface area contributed by atoms with Crippen molar-refractivity contribution >= 4 is 28.5 Å². The molecule has 1 aliphatic carbocycles. The van der Waals surface area contributed by atoms with Gasteiger partial charge in [-0.2, -0.15) is 0 Å². The molecule has 0 aliphatic heterocycles. The Morgan fingerprint density at radius 2 is 1.93 bits per heavy atom. The summed E-state index contributed by atoms with van der Waals surface area (Å²) in [6.45, 7) is 0.588. The molecule has 2 heterocycles. The molecule has 0 radical (unpaired) electrons. The molecule has 1 fully saturated rings. The Morgan fingerprint density at radius 3 is 2.72 bits per heavy atom. The average Bonchev–Trinajstić information content (AvgIpc) is 2.78. The molecule has 6 heteroatoms. The van der Waals surface area contributed by atoms with E-state index in [1.807, 2.05) is 30.5 Å². The Labute approximate surface area is 171 Å². The first-order valence-electron chi connectivity index (χ1n) is 10.2. The van der Waals surface area contributed by atoms with Crippen molar-refractivity contribution in [2.75, 3.05) is 5.32 Å². The first-order chi connectivity index (χ1) is 14.3. The highest BCUT2D eigenvalue weighted by molar-refractivity contribution is 6.11. The lowest BCUT2D eigenvalue weighted by atomic mass is 9.95. The molecule has 0 amide bonds. The van der Waals surface area contributed by atoms with Gasteiger partial charge in [-0.25, -0.2) is 9.97 Å². The van der Waals surface area contributed by atoms with Gasteiger partial charge in [0.1, 0.15) is 12.1 Å². The third-order valence-corrected chi connectivity index (χ3v) is 5.35. The number of pyridine rings is 1. The molecule has 1 aromatic carbocycles. The number of benzene rings is 1. The minimum absolute atomic E-state index is 0.483. The van der Waals surface area contributed by atoms with Crippen LogP contribution < -0.4 is 11.1 Å². The lowest BCUT2D eigenvalue weighted by Gasteiger charge is -2.23. The molecule has 0 bridgehead atoms. The van der Waals surface area contributed by atoms with Gasteiger partial charge >= 0.3 is 0 Å². The molecular weight excluding hydrogens is 360 g/mol. The number of nitrogens with two attached hydrogens (primary N) is 1. The van der Waals surface area contributed by atoms with Crippen molar-refractivity contribution in [3.8, 4) is 0 Å². The van der Waals surface area contributed by atoms with Crippen LogP contribution >= 0.6 is 0 Å². The standard InChI is InChI=1S/C23H26N6/c24-13-19(15-26-14-17-8-10-25-11-9-17)18-6-7-22-21(12-18)23(28-16-27-22)29-20-4-2-1-3-5-20/h6-13,15-16,20H,1-5,14,24H2,(H,27,28,29). The van der Waals surface area contributed by atoms with Gasteiger partial charge in [0.15, 0.2) is 0 Å². The van der Waals surface area contributed by atoms with Crippen molar-refractivity contribution < 1.29 is 0 Å². The fraction of sp³-hybridized carbons (Fsp3) is 0.304. The van der Waals surface area contributed by atoms with Crippen LogP contribution in [0.1, 0.15) is 43.2 Å². The predicted molar refractivity (Wildman–Crippen MR) is 119 cm³/mol. The van der Waals surface area contributed by atoms with Gasteiger partial charge in [0.2, 0.25) is 0 Å². The Balaban J connectivity index is 1.56. The summed E-state index contributed by atoms with van der Waals surface area (Å²) in [5, 5.41) is 4.64. The van der Waals surface area contributed by atoms with Crippen molar-refractivity contribution in [2.24, 2.45) is 10.7 Å². The normalized spacial score (nSPS) is 15.8. The number of anilines is 1. The number of rotatable bonds is 6. The maximum Gasteiger partial charge on any atom is 0.137 e. The summed E-state index contributed by atoms with van der Waals surface area (Å²) in [6, 6.07) is 10.5. The first kappa shape index (κ1) is 19.1. The third kappa shape index (κ3) is 4.77. The zero-order valence-corrected chi connectivity index (χ0v) is 16.5. The van der Waals surface area contributed by atoms with Gasteiger partial charge < -0.3 is 11.1 Å². The lowest BCUT2D eigenvalue weighted by Crippen LogP contribution is -2.23. The van der Waals surface area contributed by atoms with Crippen LogP contribution in [0.25, 0.3) is 16.5 Å². The van der Waals surface area contributed by atoms with Crippen LogP contribution in [-0.2, 0) is 6.54 Å². The number of allylic oxidation sites excluding steroid dienone is 1. The SMILES string of the molecule is NC=C(C=NCc1ccncc1)c1ccc2ncnc(NC3CCCCC3)c2c1. The Hall–Kier alpha value is -3.28. The van der Waals surface area contributed by atoms with E-state index in [-0.39, 0.29) is 0 Å². The van der Waals surface area contributed by atoms with E-state index < -0.39 is 0 Å². The maximum atomic E-state index is 5.91. The van der Waals surface area contributed by atoms with Crippen LogP contribution in [0.15, 0.2) is 60.2 Å². The molecule has 0 saturated heterocycles. The van der Waals surface area contributed by atoms with Crippen molar-refractivity contribution in [1.29, 1.82) is 0 Å². The zero-order valence-electron chi connectivity index (χ0n) is 16.5. The second kappa shape index (κ2) is 9.28. The van der Waals surface area contributed by atoms with E-state index in [9.17, 15) is 0 Å². The molecule has 0 atom stereocenters. The van der Waals surface area contributed by atoms with Crippen molar-refractivity contribution in [3.05, 3.63) is 66.4 Å². The van der Waals surface area contributed by atoms with Crippen molar-refractivity contribution in [3.63, 3.8) is 0 Å². The summed E-state index contributed by atoms with van der Waals surface area (Å²) in [7, 11) is 0. The van der Waals surface area contributed by atoms with Gasteiger partial charge in [0.25, 0.3) is 0 Å². The van der Waals surface area contributed by atoms with Crippen LogP contribution in [0, 0.1) is 0 Å². The molecule has 2 aromatic heterocycles. The summed E-state index contributed by atoms with van der Waals surface area (Å²) in [5.41, 5.74) is 9.81. The first-order valence-corrected chi connectivity index (χ1v) is 10.2. The molecule has 3 N–H and O–H groups in total. The Bertz CT molecular complexity index is 1010. The number of hydrogen-bond acceptors (Lipinski definition) is 6. The molecular formula is C23H26N6. The van der Waals surface area contributed by atoms with Gasteiger partial charge in [-0.05, 0) is 48.2 Å². The number of nitrogens with zero attached hydrogens (tertiary/aromatic N) is 4. The Kier molecular flexibility index (Phi) is 6.10. The van der Waals surface area contributed by atoms with Gasteiger partial charge in [0.05, 0.1) is 12.1 Å². The smallest absolute Gasteiger partial charge is 0.137 e. The highest BCUT2D eigenvalue weighted by Crippen LogP contribution is 2.27. The number of aliphatic imine (C=N–C) groups is 1. The van der Waals surface area contributed by atoms with E-state index in [0.29, 0.717) is 12.6 Å². The van der Waals surface area contributed by atoms with E-state index in [1.165, 1.54) is 32.1 Å². The second-order valence-electron chi connectivity index (χ2n) is 7.38. The zero-order chi connectivity index (χ0) is 19.9. The summed E-state index contributed by atoms with van der Waals surface area (Å²) in [6.07, 6.45) is 14.9. The van der Waals surface area contributed by atoms with Crippen LogP contribution in [0.2, 0.25) is 0 Å². The topological polar surface area (TPSA) is 89.1 Å². The maximum absolute atomic E-state index is 5.91. The average molecular weight is 387 g/mol. The van der Waals surface area contributed by atoms with Gasteiger partial charge in [0, 0.05) is 41.8 Å². The highest BCUT2D eigenvalue weighted by Gasteiger charge is 2.15. The molecule has 148 valence electrons. The molecule has 29 heavy (non-hydrogen) atoms. The van der Waals surface area contributed by atoms with Gasteiger partial charge in [-0.1, -0.05) is 25.3 Å². The fourth-order valence-electron chi connectivity index (χ4n) is 3.74. The monoisotopic (exact) mass is 386 g/mol. The number of aromatic nitrogens is 3. The highest BCUT2D eigenvalue weighted by atomic mass is 15.0. The third-order valence-electron chi connectivity index (χ3n) is 5.35. The van der Waals surface area contributed by atoms with E-state index in [4.69, 9.17) is 5.73 Å². The molecule has 1 saturated carbocycles. The number of nitrogens with one attached hydrogen (secondary N) is 1. The minimum Gasteiger partial charge on any atom is -0.404 e. The van der Waals surface area contributed by atoms with Crippen molar-refractivity contribution in [1.82, 2.24) is 15.0 Å². The largest absolute Gasteiger partial charge is 0.404 e. The van der Waals surface area contributed by atoms with E-state index in [1.54, 1.807) is 24.9 Å². The van der Waals surface area contributed by atoms with Gasteiger partial charge in [-0.15, -0.1) is 0 Å². The summed E-state index contributed by atoms with van der Waals surface area (Å²) < 4.78 is 0. The van der Waals surface area contributed by atoms with Crippen LogP contribution in [0.5, 0.6) is 0 Å². The molecule has 0 spiro atoms. The summed E-state index contributed by atoms with van der Waals surface area (Å²) >= 11 is 0. The summed E-state index contributed by atoms with van der Waals surface area (Å²) in [4.78, 5) is 17.5. The van der Waals surface area contributed by atoms with Crippen LogP contribution in [0.3, 0.4) is 0 Å². The van der Waals surface area contributed by atoms with Gasteiger partial charge in [-0.3, -0.25) is 9.98 Å². The quantitative estimate of drug-likeness (QED) is 0.615. The molecule has 6 nitrogen and oxygen atoms in total. The second-order valence-corrected chi connectivity index (χ2v) is 7.38. The van der Waals surface area contributed by atoms with E-state index in [2.05, 4.69) is 31.3 Å². The van der Waals surface area contributed by atoms with Crippen LogP contribution in [0.4, 0.5) is 5.82 Å². The summed E-state index contributed by atoms with van der Waals surface area (Å²) in [5.74, 6) is 0.897. The molecule has 1 aliphatic rings. The molecule has 0 unspecified atom stereocenters. The van der Waals surface area contributed by atoms with E-state index in [0.717, 1.165) is 33.4 Å². The predicted octanol–water partition coefficient (Wildman–Crippen LogP) is 4.34. The lowest BCUT2D eigenvalue weighted by molar-refractivity contribution is 0.462. The number of fused-ring (bicyclic) bond motifs is 1. The number of hydrogen-bond donors (Lipinski definition) is 2.